The lowest BCUT2D eigenvalue weighted by atomic mass is 9.85. The third-order valence-corrected chi connectivity index (χ3v) is 9.74. The first kappa shape index (κ1) is 26.0. The highest BCUT2D eigenvalue weighted by molar-refractivity contribution is 6.27. The van der Waals surface area contributed by atoms with Crippen LogP contribution in [0.15, 0.2) is 146 Å². The second kappa shape index (κ2) is 9.55. The number of para-hydroxylation sites is 2. The van der Waals surface area contributed by atoms with Crippen LogP contribution in [0, 0.1) is 0 Å². The van der Waals surface area contributed by atoms with Crippen molar-refractivity contribution in [1.29, 1.82) is 0 Å². The molecule has 9 aromatic rings. The Morgan fingerprint density at radius 2 is 0.844 bits per heavy atom. The fraction of sp³-hybridized carbons (Fsp3) is 0.0909. The monoisotopic (exact) mass is 575 g/mol. The van der Waals surface area contributed by atoms with E-state index in [1.165, 1.54) is 87.6 Å². The molecule has 1 aromatic heterocycles. The molecule has 0 aliphatic heterocycles. The van der Waals surface area contributed by atoms with E-state index in [2.05, 4.69) is 171 Å². The van der Waals surface area contributed by atoms with Crippen LogP contribution in [0.1, 0.15) is 26.3 Å². The van der Waals surface area contributed by atoms with E-state index in [0.29, 0.717) is 0 Å². The summed E-state index contributed by atoms with van der Waals surface area (Å²) in [6.45, 7) is 6.81. The van der Waals surface area contributed by atoms with E-state index in [1.54, 1.807) is 0 Å². The van der Waals surface area contributed by atoms with Gasteiger partial charge in [0.25, 0.3) is 0 Å². The first-order valence-electron chi connectivity index (χ1n) is 15.9. The Hall–Kier alpha value is -5.40. The lowest BCUT2D eigenvalue weighted by molar-refractivity contribution is 0.590. The van der Waals surface area contributed by atoms with E-state index in [-0.39, 0.29) is 5.41 Å². The van der Waals surface area contributed by atoms with Gasteiger partial charge in [-0.2, -0.15) is 0 Å². The molecule has 1 nitrogen and oxygen atoms in total. The minimum absolute atomic E-state index is 0.138. The van der Waals surface area contributed by atoms with Crippen LogP contribution in [0.4, 0.5) is 0 Å². The lowest BCUT2D eigenvalue weighted by Gasteiger charge is -2.20. The molecular formula is C44H33N. The number of rotatable bonds is 3. The third kappa shape index (κ3) is 3.94. The van der Waals surface area contributed by atoms with Gasteiger partial charge in [0.2, 0.25) is 0 Å². The van der Waals surface area contributed by atoms with Crippen LogP contribution in [0.3, 0.4) is 0 Å². The first-order valence-corrected chi connectivity index (χ1v) is 15.9. The van der Waals surface area contributed by atoms with Gasteiger partial charge in [0.1, 0.15) is 0 Å². The van der Waals surface area contributed by atoms with E-state index in [0.717, 1.165) is 0 Å². The van der Waals surface area contributed by atoms with Gasteiger partial charge in [-0.05, 0) is 89.8 Å². The van der Waals surface area contributed by atoms with Crippen molar-refractivity contribution in [3.8, 4) is 27.9 Å². The van der Waals surface area contributed by atoms with Crippen molar-refractivity contribution < 1.29 is 0 Å². The first-order chi connectivity index (χ1) is 22.0. The van der Waals surface area contributed by atoms with E-state index < -0.39 is 0 Å². The molecule has 0 saturated heterocycles. The molecule has 9 rings (SSSR count). The SMILES string of the molecule is CC(C)(C)c1ccc(-c2ccc3ccc4c(-c5ccc(-n6c7ccccc7c7ccccc76)cc5)ccc5ccc2c3c54)cc1. The molecule has 214 valence electrons. The maximum absolute atomic E-state index is 2.38. The molecule has 0 aliphatic carbocycles. The third-order valence-electron chi connectivity index (χ3n) is 9.74. The van der Waals surface area contributed by atoms with Crippen LogP contribution in [-0.4, -0.2) is 4.57 Å². The Kier molecular flexibility index (Phi) is 5.53. The summed E-state index contributed by atoms with van der Waals surface area (Å²) in [4.78, 5) is 0. The number of aromatic nitrogens is 1. The number of hydrogen-bond acceptors (Lipinski definition) is 0. The summed E-state index contributed by atoms with van der Waals surface area (Å²) in [5, 5.41) is 10.5. The van der Waals surface area contributed by atoms with Crippen molar-refractivity contribution in [1.82, 2.24) is 4.57 Å². The lowest BCUT2D eigenvalue weighted by Crippen LogP contribution is -2.10. The van der Waals surface area contributed by atoms with Crippen LogP contribution in [-0.2, 0) is 5.41 Å². The zero-order valence-electron chi connectivity index (χ0n) is 25.8. The molecule has 0 N–H and O–H groups in total. The Morgan fingerprint density at radius 1 is 0.400 bits per heavy atom. The van der Waals surface area contributed by atoms with Crippen molar-refractivity contribution in [3.63, 3.8) is 0 Å². The number of nitrogens with zero attached hydrogens (tertiary/aromatic N) is 1. The van der Waals surface area contributed by atoms with Crippen molar-refractivity contribution in [2.24, 2.45) is 0 Å². The van der Waals surface area contributed by atoms with Crippen molar-refractivity contribution in [2.45, 2.75) is 26.2 Å². The molecule has 0 fully saturated rings. The summed E-state index contributed by atoms with van der Waals surface area (Å²) < 4.78 is 2.38. The van der Waals surface area contributed by atoms with Gasteiger partial charge in [-0.15, -0.1) is 0 Å². The fourth-order valence-corrected chi connectivity index (χ4v) is 7.45. The van der Waals surface area contributed by atoms with Crippen LogP contribution < -0.4 is 0 Å². The molecule has 1 heterocycles. The van der Waals surface area contributed by atoms with Crippen LogP contribution in [0.25, 0.3) is 82.1 Å². The maximum atomic E-state index is 2.38. The number of benzene rings is 8. The van der Waals surface area contributed by atoms with Gasteiger partial charge in [-0.1, -0.05) is 142 Å². The molecule has 0 saturated carbocycles. The highest BCUT2D eigenvalue weighted by Gasteiger charge is 2.17. The quantitative estimate of drug-likeness (QED) is 0.185. The average Bonchev–Trinajstić information content (AvgIpc) is 3.41. The topological polar surface area (TPSA) is 4.93 Å². The summed E-state index contributed by atoms with van der Waals surface area (Å²) >= 11 is 0. The molecule has 8 aromatic carbocycles. The molecule has 0 aliphatic rings. The normalized spacial score (nSPS) is 12.3. The molecule has 0 atom stereocenters. The summed E-state index contributed by atoms with van der Waals surface area (Å²) in [6, 6.07) is 54.1. The minimum Gasteiger partial charge on any atom is -0.309 e. The van der Waals surface area contributed by atoms with Gasteiger partial charge in [0.05, 0.1) is 11.0 Å². The molecule has 0 amide bonds. The largest absolute Gasteiger partial charge is 0.309 e. The average molecular weight is 576 g/mol. The Bertz CT molecular complexity index is 2490. The van der Waals surface area contributed by atoms with Gasteiger partial charge < -0.3 is 4.57 Å². The second-order valence-corrected chi connectivity index (χ2v) is 13.4. The van der Waals surface area contributed by atoms with Gasteiger partial charge in [-0.3, -0.25) is 0 Å². The van der Waals surface area contributed by atoms with E-state index >= 15 is 0 Å². The minimum atomic E-state index is 0.138. The zero-order chi connectivity index (χ0) is 30.3. The molecule has 0 spiro atoms. The van der Waals surface area contributed by atoms with Crippen LogP contribution in [0.2, 0.25) is 0 Å². The van der Waals surface area contributed by atoms with E-state index in [9.17, 15) is 0 Å². The molecule has 1 heteroatoms. The molecular weight excluding hydrogens is 542 g/mol. The smallest absolute Gasteiger partial charge is 0.0541 e. The number of fused-ring (bicyclic) bond motifs is 3. The van der Waals surface area contributed by atoms with Gasteiger partial charge in [0, 0.05) is 16.5 Å². The summed E-state index contributed by atoms with van der Waals surface area (Å²) in [5.41, 5.74) is 10.2. The predicted octanol–water partition coefficient (Wildman–Crippen LogP) is 12.3. The summed E-state index contributed by atoms with van der Waals surface area (Å²) in [5.74, 6) is 0. The Balaban J connectivity index is 1.19. The summed E-state index contributed by atoms with van der Waals surface area (Å²) in [7, 11) is 0. The zero-order valence-corrected chi connectivity index (χ0v) is 25.8. The molecule has 0 unspecified atom stereocenters. The molecule has 45 heavy (non-hydrogen) atoms. The fourth-order valence-electron chi connectivity index (χ4n) is 7.45. The van der Waals surface area contributed by atoms with Gasteiger partial charge >= 0.3 is 0 Å². The second-order valence-electron chi connectivity index (χ2n) is 13.4. The molecule has 0 radical (unpaired) electrons. The van der Waals surface area contributed by atoms with Crippen molar-refractivity contribution >= 4 is 54.1 Å². The maximum Gasteiger partial charge on any atom is 0.0541 e. The van der Waals surface area contributed by atoms with Crippen molar-refractivity contribution in [3.05, 3.63) is 151 Å². The summed E-state index contributed by atoms with van der Waals surface area (Å²) in [6.07, 6.45) is 0. The highest BCUT2D eigenvalue weighted by atomic mass is 15.0. The Labute approximate surface area is 263 Å². The Morgan fingerprint density at radius 3 is 1.33 bits per heavy atom. The van der Waals surface area contributed by atoms with Crippen LogP contribution in [0.5, 0.6) is 0 Å². The number of hydrogen-bond donors (Lipinski definition) is 0. The van der Waals surface area contributed by atoms with Gasteiger partial charge in [-0.25, -0.2) is 0 Å². The van der Waals surface area contributed by atoms with Crippen molar-refractivity contribution in [2.75, 3.05) is 0 Å². The van der Waals surface area contributed by atoms with E-state index in [1.807, 2.05) is 0 Å². The van der Waals surface area contributed by atoms with E-state index in [4.69, 9.17) is 0 Å². The standard InChI is InChI=1S/C44H33N/c1-44(2,3)32-20-12-28(13-21-32)34-24-16-30-19-27-39-35(25-17-31-18-26-38(34)42(30)43(31)39)29-14-22-33(23-15-29)45-40-10-6-4-8-36(40)37-9-5-7-11-41(37)45/h4-27H,1-3H3. The predicted molar refractivity (Wildman–Crippen MR) is 194 cm³/mol. The van der Waals surface area contributed by atoms with Gasteiger partial charge in [0.15, 0.2) is 0 Å². The van der Waals surface area contributed by atoms with Crippen LogP contribution >= 0.6 is 0 Å². The molecule has 0 bridgehead atoms. The highest BCUT2D eigenvalue weighted by Crippen LogP contribution is 2.43.